The van der Waals surface area contributed by atoms with Crippen LogP contribution in [0, 0.1) is 11.3 Å². The summed E-state index contributed by atoms with van der Waals surface area (Å²) in [6, 6.07) is 14.0. The lowest BCUT2D eigenvalue weighted by atomic mass is 10.1. The molecular formula is C18H15NO3. The molecule has 4 nitrogen and oxygen atoms in total. The largest absolute Gasteiger partial charge is 0.493 e. The first-order chi connectivity index (χ1) is 10.7. The molecular weight excluding hydrogens is 278 g/mol. The smallest absolute Gasteiger partial charge is 0.185 e. The van der Waals surface area contributed by atoms with Gasteiger partial charge in [-0.25, -0.2) is 0 Å². The van der Waals surface area contributed by atoms with Crippen LogP contribution in [0.4, 0.5) is 0 Å². The van der Waals surface area contributed by atoms with Gasteiger partial charge < -0.3 is 9.47 Å². The van der Waals surface area contributed by atoms with E-state index in [1.165, 1.54) is 6.08 Å². The van der Waals surface area contributed by atoms with Gasteiger partial charge in [-0.1, -0.05) is 12.1 Å². The summed E-state index contributed by atoms with van der Waals surface area (Å²) in [5.41, 5.74) is 1.90. The van der Waals surface area contributed by atoms with Crippen molar-refractivity contribution in [2.45, 2.75) is 0 Å². The average Bonchev–Trinajstić information content (AvgIpc) is 2.59. The summed E-state index contributed by atoms with van der Waals surface area (Å²) in [5.74, 6) is 1.12. The lowest BCUT2D eigenvalue weighted by Gasteiger charge is -2.07. The van der Waals surface area contributed by atoms with E-state index in [9.17, 15) is 4.79 Å². The zero-order valence-corrected chi connectivity index (χ0v) is 12.4. The summed E-state index contributed by atoms with van der Waals surface area (Å²) < 4.78 is 10.4. The molecule has 22 heavy (non-hydrogen) atoms. The second-order valence-electron chi connectivity index (χ2n) is 4.50. The minimum Gasteiger partial charge on any atom is -0.493 e. The molecule has 0 radical (unpaired) electrons. The van der Waals surface area contributed by atoms with Crippen molar-refractivity contribution >= 4 is 11.9 Å². The number of methoxy groups -OCH3 is 2. The first-order valence-electron chi connectivity index (χ1n) is 6.62. The van der Waals surface area contributed by atoms with Crippen molar-refractivity contribution in [3.05, 3.63) is 65.2 Å². The van der Waals surface area contributed by atoms with Gasteiger partial charge in [0, 0.05) is 5.56 Å². The number of benzene rings is 2. The molecule has 0 spiro atoms. The number of ether oxygens (including phenoxy) is 2. The predicted molar refractivity (Wildman–Crippen MR) is 84.1 cm³/mol. The molecule has 0 atom stereocenters. The summed E-state index contributed by atoms with van der Waals surface area (Å²) in [6.07, 6.45) is 3.20. The van der Waals surface area contributed by atoms with E-state index in [0.717, 1.165) is 5.56 Å². The van der Waals surface area contributed by atoms with E-state index >= 15 is 0 Å². The van der Waals surface area contributed by atoms with E-state index in [1.807, 2.05) is 12.1 Å². The van der Waals surface area contributed by atoms with Crippen LogP contribution in [0.25, 0.3) is 6.08 Å². The number of ketones is 1. The standard InChI is InChI=1S/C18H15NO3/c1-21-17-10-6-13(11-18(17)22-2)5-9-16(20)15-7-3-14(12-19)4-8-15/h3-11H,1-2H3. The highest BCUT2D eigenvalue weighted by Gasteiger charge is 2.04. The fraction of sp³-hybridized carbons (Fsp3) is 0.111. The highest BCUT2D eigenvalue weighted by Crippen LogP contribution is 2.28. The molecule has 0 unspecified atom stereocenters. The number of nitrogens with zero attached hydrogens (tertiary/aromatic N) is 1. The number of nitriles is 1. The average molecular weight is 293 g/mol. The summed E-state index contributed by atoms with van der Waals surface area (Å²) in [5, 5.41) is 8.74. The van der Waals surface area contributed by atoms with Gasteiger partial charge in [0.05, 0.1) is 25.9 Å². The second kappa shape index (κ2) is 7.09. The number of rotatable bonds is 5. The monoisotopic (exact) mass is 293 g/mol. The Hall–Kier alpha value is -3.06. The van der Waals surface area contributed by atoms with Crippen LogP contribution in [-0.4, -0.2) is 20.0 Å². The van der Waals surface area contributed by atoms with Gasteiger partial charge in [0.15, 0.2) is 17.3 Å². The quantitative estimate of drug-likeness (QED) is 0.625. The van der Waals surface area contributed by atoms with Crippen LogP contribution in [0.3, 0.4) is 0 Å². The van der Waals surface area contributed by atoms with E-state index < -0.39 is 0 Å². The van der Waals surface area contributed by atoms with Crippen LogP contribution >= 0.6 is 0 Å². The number of hydrogen-bond acceptors (Lipinski definition) is 4. The van der Waals surface area contributed by atoms with Crippen LogP contribution in [0.1, 0.15) is 21.5 Å². The molecule has 2 aromatic carbocycles. The van der Waals surface area contributed by atoms with Crippen molar-refractivity contribution in [2.24, 2.45) is 0 Å². The SMILES string of the molecule is COc1ccc(C=CC(=O)c2ccc(C#N)cc2)cc1OC. The maximum atomic E-state index is 12.1. The molecule has 0 aliphatic carbocycles. The molecule has 0 saturated heterocycles. The van der Waals surface area contributed by atoms with E-state index in [4.69, 9.17) is 14.7 Å². The maximum absolute atomic E-state index is 12.1. The molecule has 110 valence electrons. The van der Waals surface area contributed by atoms with E-state index in [-0.39, 0.29) is 5.78 Å². The molecule has 0 N–H and O–H groups in total. The Kier molecular flexibility index (Phi) is 4.94. The van der Waals surface area contributed by atoms with E-state index in [0.29, 0.717) is 22.6 Å². The first kappa shape index (κ1) is 15.3. The van der Waals surface area contributed by atoms with Crippen LogP contribution in [-0.2, 0) is 0 Å². The summed E-state index contributed by atoms with van der Waals surface area (Å²) in [6.45, 7) is 0. The van der Waals surface area contributed by atoms with Crippen molar-refractivity contribution in [3.63, 3.8) is 0 Å². The third-order valence-corrected chi connectivity index (χ3v) is 3.13. The third kappa shape index (κ3) is 3.53. The van der Waals surface area contributed by atoms with Crippen molar-refractivity contribution in [2.75, 3.05) is 14.2 Å². The van der Waals surface area contributed by atoms with Crippen LogP contribution in [0.15, 0.2) is 48.5 Å². The number of carbonyl (C=O) groups is 1. The van der Waals surface area contributed by atoms with Crippen LogP contribution in [0.2, 0.25) is 0 Å². The predicted octanol–water partition coefficient (Wildman–Crippen LogP) is 3.47. The fourth-order valence-corrected chi connectivity index (χ4v) is 1.93. The van der Waals surface area contributed by atoms with Gasteiger partial charge in [-0.15, -0.1) is 0 Å². The molecule has 0 aliphatic rings. The topological polar surface area (TPSA) is 59.3 Å². The molecule has 0 fully saturated rings. The second-order valence-corrected chi connectivity index (χ2v) is 4.50. The number of allylic oxidation sites excluding steroid dienone is 1. The normalized spacial score (nSPS) is 10.2. The van der Waals surface area contributed by atoms with E-state index in [1.54, 1.807) is 56.7 Å². The number of hydrogen-bond donors (Lipinski definition) is 0. The van der Waals surface area contributed by atoms with Crippen molar-refractivity contribution in [1.82, 2.24) is 0 Å². The minimum atomic E-state index is -0.126. The molecule has 0 saturated carbocycles. The number of carbonyl (C=O) groups excluding carboxylic acids is 1. The Labute approximate surface area is 129 Å². The molecule has 0 bridgehead atoms. The van der Waals surface area contributed by atoms with Gasteiger partial charge in [-0.05, 0) is 48.0 Å². The van der Waals surface area contributed by atoms with Gasteiger partial charge >= 0.3 is 0 Å². The highest BCUT2D eigenvalue weighted by atomic mass is 16.5. The van der Waals surface area contributed by atoms with Gasteiger partial charge in [0.2, 0.25) is 0 Å². The first-order valence-corrected chi connectivity index (χ1v) is 6.62. The zero-order valence-electron chi connectivity index (χ0n) is 12.4. The minimum absolute atomic E-state index is 0.126. The van der Waals surface area contributed by atoms with Gasteiger partial charge in [0.1, 0.15) is 0 Å². The van der Waals surface area contributed by atoms with Gasteiger partial charge in [-0.3, -0.25) is 4.79 Å². The zero-order chi connectivity index (χ0) is 15.9. The molecule has 2 aromatic rings. The fourth-order valence-electron chi connectivity index (χ4n) is 1.93. The van der Waals surface area contributed by atoms with Crippen molar-refractivity contribution in [1.29, 1.82) is 5.26 Å². The Morgan fingerprint density at radius 2 is 1.73 bits per heavy atom. The lowest BCUT2D eigenvalue weighted by Crippen LogP contribution is -1.94. The molecule has 0 amide bonds. The highest BCUT2D eigenvalue weighted by molar-refractivity contribution is 6.06. The van der Waals surface area contributed by atoms with Crippen LogP contribution in [0.5, 0.6) is 11.5 Å². The van der Waals surface area contributed by atoms with Gasteiger partial charge in [-0.2, -0.15) is 5.26 Å². The summed E-state index contributed by atoms with van der Waals surface area (Å²) in [4.78, 5) is 12.1. The van der Waals surface area contributed by atoms with Crippen molar-refractivity contribution in [3.8, 4) is 17.6 Å². The third-order valence-electron chi connectivity index (χ3n) is 3.13. The molecule has 2 rings (SSSR count). The van der Waals surface area contributed by atoms with Gasteiger partial charge in [0.25, 0.3) is 0 Å². The Bertz CT molecular complexity index is 740. The molecule has 4 heteroatoms. The Morgan fingerprint density at radius 1 is 1.05 bits per heavy atom. The molecule has 0 aliphatic heterocycles. The lowest BCUT2D eigenvalue weighted by molar-refractivity contribution is 0.104. The summed E-state index contributed by atoms with van der Waals surface area (Å²) >= 11 is 0. The van der Waals surface area contributed by atoms with E-state index in [2.05, 4.69) is 0 Å². The van der Waals surface area contributed by atoms with Crippen LogP contribution < -0.4 is 9.47 Å². The maximum Gasteiger partial charge on any atom is 0.185 e. The van der Waals surface area contributed by atoms with Crippen molar-refractivity contribution < 1.29 is 14.3 Å². The summed E-state index contributed by atoms with van der Waals surface area (Å²) in [7, 11) is 3.13. The Morgan fingerprint density at radius 3 is 2.32 bits per heavy atom. The molecule has 0 aromatic heterocycles. The molecule has 0 heterocycles. The Balaban J connectivity index is 2.17.